The van der Waals surface area contributed by atoms with Gasteiger partial charge in [-0.1, -0.05) is 29.5 Å². The normalized spacial score (nSPS) is 10.6. The molecule has 132 valence electrons. The number of rotatable bonds is 6. The first-order valence-electron chi connectivity index (χ1n) is 8.28. The van der Waals surface area contributed by atoms with Crippen LogP contribution < -0.4 is 4.74 Å². The molecule has 0 saturated heterocycles. The third kappa shape index (κ3) is 4.29. The number of hydrogen-bond acceptors (Lipinski definition) is 5. The van der Waals surface area contributed by atoms with Crippen LogP contribution in [0.3, 0.4) is 0 Å². The molecule has 0 aliphatic rings. The number of carbonyl (C=O) groups is 1. The van der Waals surface area contributed by atoms with Gasteiger partial charge in [0.05, 0.1) is 18.6 Å². The number of nitrogens with zero attached hydrogens (tertiary/aromatic N) is 2. The Morgan fingerprint density at radius 2 is 1.77 bits per heavy atom. The van der Waals surface area contributed by atoms with Crippen LogP contribution in [0, 0.1) is 13.8 Å². The highest BCUT2D eigenvalue weighted by Crippen LogP contribution is 2.24. The standard InChI is InChI=1S/C21H20N2O2S/c1-14-4-5-15(2)18(12-14)19-10-11-21(23-22-19)26-13-20(24)16-6-8-17(25-3)9-7-16/h4-12H,13H2,1-3H3. The molecule has 3 rings (SSSR count). The van der Waals surface area contributed by atoms with Gasteiger partial charge in [-0.2, -0.15) is 0 Å². The maximum Gasteiger partial charge on any atom is 0.173 e. The lowest BCUT2D eigenvalue weighted by Gasteiger charge is -2.07. The molecule has 5 heteroatoms. The van der Waals surface area contributed by atoms with Crippen molar-refractivity contribution in [3.8, 4) is 17.0 Å². The Kier molecular flexibility index (Phi) is 5.68. The van der Waals surface area contributed by atoms with Gasteiger partial charge in [0.25, 0.3) is 0 Å². The van der Waals surface area contributed by atoms with Crippen molar-refractivity contribution in [3.63, 3.8) is 0 Å². The number of carbonyl (C=O) groups excluding carboxylic acids is 1. The molecular weight excluding hydrogens is 344 g/mol. The highest BCUT2D eigenvalue weighted by molar-refractivity contribution is 7.99. The molecule has 1 aromatic heterocycles. The third-order valence-corrected chi connectivity index (χ3v) is 4.99. The molecule has 0 unspecified atom stereocenters. The molecule has 2 aromatic carbocycles. The fourth-order valence-corrected chi connectivity index (χ4v) is 3.26. The van der Waals surface area contributed by atoms with Gasteiger partial charge in [-0.05, 0) is 61.9 Å². The number of ether oxygens (including phenoxy) is 1. The van der Waals surface area contributed by atoms with E-state index in [1.54, 1.807) is 31.4 Å². The molecule has 3 aromatic rings. The second-order valence-corrected chi connectivity index (χ2v) is 7.01. The van der Waals surface area contributed by atoms with Crippen molar-refractivity contribution < 1.29 is 9.53 Å². The maximum atomic E-state index is 12.3. The van der Waals surface area contributed by atoms with Crippen LogP contribution in [0.15, 0.2) is 59.6 Å². The number of thioether (sulfide) groups is 1. The molecule has 0 aliphatic carbocycles. The van der Waals surface area contributed by atoms with Crippen molar-refractivity contribution in [2.75, 3.05) is 12.9 Å². The predicted molar refractivity (Wildman–Crippen MR) is 105 cm³/mol. The molecule has 1 heterocycles. The van der Waals surface area contributed by atoms with Crippen LogP contribution in [0.25, 0.3) is 11.3 Å². The van der Waals surface area contributed by atoms with Gasteiger partial charge < -0.3 is 4.74 Å². The fourth-order valence-electron chi connectivity index (χ4n) is 2.55. The van der Waals surface area contributed by atoms with Gasteiger partial charge in [-0.3, -0.25) is 4.79 Å². The monoisotopic (exact) mass is 364 g/mol. The van der Waals surface area contributed by atoms with Crippen molar-refractivity contribution in [3.05, 3.63) is 71.3 Å². The fraction of sp³-hybridized carbons (Fsp3) is 0.190. The minimum atomic E-state index is 0.0538. The summed E-state index contributed by atoms with van der Waals surface area (Å²) in [7, 11) is 1.60. The van der Waals surface area contributed by atoms with E-state index in [-0.39, 0.29) is 5.78 Å². The van der Waals surface area contributed by atoms with E-state index in [2.05, 4.69) is 42.2 Å². The third-order valence-electron chi connectivity index (χ3n) is 4.07. The average molecular weight is 364 g/mol. The molecule has 0 bridgehead atoms. The summed E-state index contributed by atoms with van der Waals surface area (Å²) in [5.41, 5.74) is 4.95. The van der Waals surface area contributed by atoms with Crippen LogP contribution in [0.1, 0.15) is 21.5 Å². The van der Waals surface area contributed by atoms with Crippen molar-refractivity contribution in [1.29, 1.82) is 0 Å². The number of methoxy groups -OCH3 is 1. The van der Waals surface area contributed by atoms with Gasteiger partial charge in [0.1, 0.15) is 10.8 Å². The first kappa shape index (κ1) is 18.1. The zero-order valence-corrected chi connectivity index (χ0v) is 15.8. The molecule has 0 aliphatic heterocycles. The van der Waals surface area contributed by atoms with Crippen molar-refractivity contribution in [1.82, 2.24) is 10.2 Å². The van der Waals surface area contributed by atoms with Crippen LogP contribution in [-0.4, -0.2) is 28.8 Å². The van der Waals surface area contributed by atoms with E-state index in [4.69, 9.17) is 4.74 Å². The number of ketones is 1. The highest BCUT2D eigenvalue weighted by Gasteiger charge is 2.09. The highest BCUT2D eigenvalue weighted by atomic mass is 32.2. The van der Waals surface area contributed by atoms with Crippen molar-refractivity contribution in [2.24, 2.45) is 0 Å². The molecule has 0 N–H and O–H groups in total. The Morgan fingerprint density at radius 3 is 2.42 bits per heavy atom. The Morgan fingerprint density at radius 1 is 1.00 bits per heavy atom. The Labute approximate surface area is 157 Å². The minimum absolute atomic E-state index is 0.0538. The molecule has 0 fully saturated rings. The number of aryl methyl sites for hydroxylation is 2. The minimum Gasteiger partial charge on any atom is -0.497 e. The van der Waals surface area contributed by atoms with E-state index in [1.165, 1.54) is 22.9 Å². The number of Topliss-reactive ketones (excluding diaryl/α,β-unsaturated/α-hetero) is 1. The van der Waals surface area contributed by atoms with E-state index in [0.29, 0.717) is 11.3 Å². The van der Waals surface area contributed by atoms with Crippen LogP contribution >= 0.6 is 11.8 Å². The summed E-state index contributed by atoms with van der Waals surface area (Å²) in [5.74, 6) is 1.12. The first-order valence-corrected chi connectivity index (χ1v) is 9.27. The van der Waals surface area contributed by atoms with Gasteiger partial charge >= 0.3 is 0 Å². The summed E-state index contributed by atoms with van der Waals surface area (Å²) in [6, 6.07) is 17.3. The number of aromatic nitrogens is 2. The molecular formula is C21H20N2O2S. The van der Waals surface area contributed by atoms with E-state index in [1.807, 2.05) is 12.1 Å². The lowest BCUT2D eigenvalue weighted by Crippen LogP contribution is -2.03. The Balaban J connectivity index is 1.65. The molecule has 0 amide bonds. The van der Waals surface area contributed by atoms with E-state index in [0.717, 1.165) is 22.0 Å². The van der Waals surface area contributed by atoms with Gasteiger partial charge in [-0.25, -0.2) is 0 Å². The topological polar surface area (TPSA) is 52.1 Å². The lowest BCUT2D eigenvalue weighted by molar-refractivity contribution is 0.102. The summed E-state index contributed by atoms with van der Waals surface area (Å²) in [4.78, 5) is 12.3. The summed E-state index contributed by atoms with van der Waals surface area (Å²) in [5, 5.41) is 9.32. The van der Waals surface area contributed by atoms with Gasteiger partial charge in [-0.15, -0.1) is 10.2 Å². The largest absolute Gasteiger partial charge is 0.497 e. The average Bonchev–Trinajstić information content (AvgIpc) is 2.68. The molecule has 0 spiro atoms. The summed E-state index contributed by atoms with van der Waals surface area (Å²) in [6.07, 6.45) is 0. The number of hydrogen-bond donors (Lipinski definition) is 0. The zero-order chi connectivity index (χ0) is 18.5. The van der Waals surface area contributed by atoms with Crippen LogP contribution in [0.4, 0.5) is 0 Å². The molecule has 26 heavy (non-hydrogen) atoms. The van der Waals surface area contributed by atoms with E-state index in [9.17, 15) is 4.79 Å². The zero-order valence-electron chi connectivity index (χ0n) is 15.0. The first-order chi connectivity index (χ1) is 12.6. The molecule has 0 atom stereocenters. The van der Waals surface area contributed by atoms with Crippen molar-refractivity contribution in [2.45, 2.75) is 18.9 Å². The van der Waals surface area contributed by atoms with Crippen molar-refractivity contribution >= 4 is 17.5 Å². The Hall–Kier alpha value is -2.66. The number of benzene rings is 2. The van der Waals surface area contributed by atoms with Gasteiger partial charge in [0.15, 0.2) is 5.78 Å². The molecule has 4 nitrogen and oxygen atoms in total. The maximum absolute atomic E-state index is 12.3. The van der Waals surface area contributed by atoms with Gasteiger partial charge in [0.2, 0.25) is 0 Å². The second kappa shape index (κ2) is 8.15. The SMILES string of the molecule is COc1ccc(C(=O)CSc2ccc(-c3cc(C)ccc3C)nn2)cc1. The second-order valence-electron chi connectivity index (χ2n) is 6.02. The van der Waals surface area contributed by atoms with E-state index < -0.39 is 0 Å². The summed E-state index contributed by atoms with van der Waals surface area (Å²) < 4.78 is 5.11. The lowest BCUT2D eigenvalue weighted by atomic mass is 10.0. The molecule has 0 saturated carbocycles. The summed E-state index contributed by atoms with van der Waals surface area (Å²) >= 11 is 1.39. The van der Waals surface area contributed by atoms with Gasteiger partial charge in [0, 0.05) is 11.1 Å². The van der Waals surface area contributed by atoms with E-state index >= 15 is 0 Å². The molecule has 0 radical (unpaired) electrons. The van der Waals surface area contributed by atoms with Crippen LogP contribution in [-0.2, 0) is 0 Å². The quantitative estimate of drug-likeness (QED) is 0.467. The summed E-state index contributed by atoms with van der Waals surface area (Å²) in [6.45, 7) is 4.12. The van der Waals surface area contributed by atoms with Crippen LogP contribution in [0.2, 0.25) is 0 Å². The van der Waals surface area contributed by atoms with Crippen LogP contribution in [0.5, 0.6) is 5.75 Å². The Bertz CT molecular complexity index is 906. The smallest absolute Gasteiger partial charge is 0.173 e. The predicted octanol–water partition coefficient (Wildman–Crippen LogP) is 4.74.